The van der Waals surface area contributed by atoms with E-state index < -0.39 is 0 Å². The monoisotopic (exact) mass is 258 g/mol. The number of rotatable bonds is 6. The number of hydrogen-bond donors (Lipinski definition) is 0. The van der Waals surface area contributed by atoms with Gasteiger partial charge in [0.25, 0.3) is 0 Å². The zero-order chi connectivity index (χ0) is 12.5. The molecule has 17 heavy (non-hydrogen) atoms. The average Bonchev–Trinajstić information content (AvgIpc) is 2.61. The molecular weight excluding hydrogens is 232 g/mol. The van der Waals surface area contributed by atoms with Crippen LogP contribution < -0.4 is 0 Å². The van der Waals surface area contributed by atoms with Gasteiger partial charge < -0.3 is 4.74 Å². The molecular formula is C15H27ClO. The molecule has 2 aliphatic rings. The van der Waals surface area contributed by atoms with E-state index in [0.29, 0.717) is 16.9 Å². The van der Waals surface area contributed by atoms with Gasteiger partial charge in [0.2, 0.25) is 0 Å². The van der Waals surface area contributed by atoms with Gasteiger partial charge in [-0.15, -0.1) is 11.6 Å². The molecule has 100 valence electrons. The third kappa shape index (κ3) is 2.26. The minimum Gasteiger partial charge on any atom is -0.378 e. The molecule has 2 rings (SSSR count). The van der Waals surface area contributed by atoms with Crippen LogP contribution in [0.3, 0.4) is 0 Å². The Balaban J connectivity index is 1.80. The first-order valence-corrected chi connectivity index (χ1v) is 7.73. The Hall–Kier alpha value is 0.250. The fourth-order valence-electron chi connectivity index (χ4n) is 3.98. The summed E-state index contributed by atoms with van der Waals surface area (Å²) in [6.07, 6.45) is 8.07. The second-order valence-electron chi connectivity index (χ2n) is 6.72. The van der Waals surface area contributed by atoms with Crippen molar-refractivity contribution < 1.29 is 4.74 Å². The minimum atomic E-state index is 0.421. The number of halogens is 1. The van der Waals surface area contributed by atoms with Gasteiger partial charge in [-0.25, -0.2) is 0 Å². The van der Waals surface area contributed by atoms with Crippen LogP contribution in [0, 0.1) is 16.7 Å². The van der Waals surface area contributed by atoms with E-state index in [4.69, 9.17) is 16.3 Å². The van der Waals surface area contributed by atoms with Crippen molar-refractivity contribution in [1.82, 2.24) is 0 Å². The highest BCUT2D eigenvalue weighted by Gasteiger charge is 2.61. The fourth-order valence-corrected chi connectivity index (χ4v) is 4.17. The van der Waals surface area contributed by atoms with E-state index in [0.717, 1.165) is 24.8 Å². The van der Waals surface area contributed by atoms with E-state index in [2.05, 4.69) is 20.8 Å². The maximum absolute atomic E-state index is 6.18. The number of hydrogen-bond acceptors (Lipinski definition) is 1. The van der Waals surface area contributed by atoms with Gasteiger partial charge >= 0.3 is 0 Å². The van der Waals surface area contributed by atoms with Crippen LogP contribution >= 0.6 is 11.6 Å². The van der Waals surface area contributed by atoms with Crippen LogP contribution in [0.5, 0.6) is 0 Å². The largest absolute Gasteiger partial charge is 0.378 e. The van der Waals surface area contributed by atoms with Crippen LogP contribution in [0.2, 0.25) is 0 Å². The van der Waals surface area contributed by atoms with Gasteiger partial charge in [0.05, 0.1) is 6.10 Å². The molecule has 3 unspecified atom stereocenters. The van der Waals surface area contributed by atoms with Crippen LogP contribution in [0.4, 0.5) is 0 Å². The molecule has 0 N–H and O–H groups in total. The molecule has 0 saturated heterocycles. The van der Waals surface area contributed by atoms with E-state index in [1.165, 1.54) is 32.1 Å². The predicted octanol–water partition coefficient (Wildman–Crippen LogP) is 4.63. The van der Waals surface area contributed by atoms with Crippen molar-refractivity contribution in [3.63, 3.8) is 0 Å². The van der Waals surface area contributed by atoms with Crippen molar-refractivity contribution in [2.45, 2.75) is 65.4 Å². The van der Waals surface area contributed by atoms with Gasteiger partial charge in [-0.2, -0.15) is 0 Å². The van der Waals surface area contributed by atoms with Gasteiger partial charge in [-0.05, 0) is 55.3 Å². The lowest BCUT2D eigenvalue weighted by atomic mass is 9.70. The van der Waals surface area contributed by atoms with Gasteiger partial charge in [-0.3, -0.25) is 0 Å². The van der Waals surface area contributed by atoms with E-state index in [9.17, 15) is 0 Å². The van der Waals surface area contributed by atoms with Gasteiger partial charge in [0, 0.05) is 12.5 Å². The molecule has 0 radical (unpaired) electrons. The Morgan fingerprint density at radius 1 is 1.18 bits per heavy atom. The average molecular weight is 259 g/mol. The highest BCUT2D eigenvalue weighted by atomic mass is 35.5. The first-order chi connectivity index (χ1) is 8.02. The van der Waals surface area contributed by atoms with Crippen molar-refractivity contribution in [2.75, 3.05) is 12.5 Å². The molecule has 2 saturated carbocycles. The van der Waals surface area contributed by atoms with E-state index in [1.807, 2.05) is 0 Å². The summed E-state index contributed by atoms with van der Waals surface area (Å²) in [5.41, 5.74) is 0.901. The fraction of sp³-hybridized carbons (Fsp3) is 1.00. The second-order valence-corrected chi connectivity index (χ2v) is 7.10. The van der Waals surface area contributed by atoms with Crippen molar-refractivity contribution in [1.29, 1.82) is 0 Å². The number of fused-ring (bicyclic) bond motifs is 2. The Labute approximate surface area is 111 Å². The highest BCUT2D eigenvalue weighted by molar-refractivity contribution is 6.17. The standard InChI is InChI=1S/C15H27ClO/c1-14(2)12-7-8-15(14,3)13(11-12)17-10-6-4-5-9-16/h12-13H,4-11H2,1-3H3. The topological polar surface area (TPSA) is 9.23 Å². The van der Waals surface area contributed by atoms with Gasteiger partial charge in [0.1, 0.15) is 0 Å². The third-order valence-corrected chi connectivity index (χ3v) is 6.08. The summed E-state index contributed by atoms with van der Waals surface area (Å²) >= 11 is 5.68. The number of ether oxygens (including phenoxy) is 1. The summed E-state index contributed by atoms with van der Waals surface area (Å²) in [5, 5.41) is 0. The van der Waals surface area contributed by atoms with Gasteiger partial charge in [0.15, 0.2) is 0 Å². The zero-order valence-electron chi connectivity index (χ0n) is 11.6. The van der Waals surface area contributed by atoms with Crippen LogP contribution in [-0.2, 0) is 4.74 Å². The molecule has 2 bridgehead atoms. The van der Waals surface area contributed by atoms with E-state index in [1.54, 1.807) is 0 Å². The molecule has 0 aromatic carbocycles. The van der Waals surface area contributed by atoms with Crippen molar-refractivity contribution in [3.05, 3.63) is 0 Å². The minimum absolute atomic E-state index is 0.421. The molecule has 2 aliphatic carbocycles. The maximum atomic E-state index is 6.18. The molecule has 0 aromatic heterocycles. The Kier molecular flexibility index (Phi) is 4.09. The molecule has 0 heterocycles. The first-order valence-electron chi connectivity index (χ1n) is 7.20. The molecule has 0 aromatic rings. The molecule has 0 spiro atoms. The SMILES string of the molecule is CC1(C)C2CCC1(C)C(OCCCCCCl)C2. The summed E-state index contributed by atoms with van der Waals surface area (Å²) in [7, 11) is 0. The summed E-state index contributed by atoms with van der Waals surface area (Å²) in [6, 6.07) is 0. The molecule has 0 amide bonds. The lowest BCUT2D eigenvalue weighted by Crippen LogP contribution is -2.37. The molecule has 1 nitrogen and oxygen atoms in total. The molecule has 2 heteroatoms. The van der Waals surface area contributed by atoms with Gasteiger partial charge in [-0.1, -0.05) is 20.8 Å². The van der Waals surface area contributed by atoms with E-state index in [-0.39, 0.29) is 0 Å². The first kappa shape index (κ1) is 13.7. The number of alkyl halides is 1. The van der Waals surface area contributed by atoms with E-state index >= 15 is 0 Å². The highest BCUT2D eigenvalue weighted by Crippen LogP contribution is 2.66. The molecule has 3 atom stereocenters. The zero-order valence-corrected chi connectivity index (χ0v) is 12.4. The Bertz CT molecular complexity index is 264. The van der Waals surface area contributed by atoms with Crippen LogP contribution in [-0.4, -0.2) is 18.6 Å². The summed E-state index contributed by atoms with van der Waals surface area (Å²) in [6.45, 7) is 8.27. The Morgan fingerprint density at radius 3 is 2.47 bits per heavy atom. The smallest absolute Gasteiger partial charge is 0.0636 e. The predicted molar refractivity (Wildman–Crippen MR) is 73.5 cm³/mol. The quantitative estimate of drug-likeness (QED) is 0.499. The summed E-state index contributed by atoms with van der Waals surface area (Å²) in [5.74, 6) is 1.68. The van der Waals surface area contributed by atoms with Crippen LogP contribution in [0.25, 0.3) is 0 Å². The normalized spacial score (nSPS) is 38.8. The van der Waals surface area contributed by atoms with Crippen molar-refractivity contribution >= 4 is 11.6 Å². The van der Waals surface area contributed by atoms with Crippen molar-refractivity contribution in [2.24, 2.45) is 16.7 Å². The molecule has 0 aliphatic heterocycles. The van der Waals surface area contributed by atoms with Crippen LogP contribution in [0.1, 0.15) is 59.3 Å². The van der Waals surface area contributed by atoms with Crippen molar-refractivity contribution in [3.8, 4) is 0 Å². The lowest BCUT2D eigenvalue weighted by Gasteiger charge is -2.39. The summed E-state index contributed by atoms with van der Waals surface area (Å²) in [4.78, 5) is 0. The maximum Gasteiger partial charge on any atom is 0.0636 e. The lowest BCUT2D eigenvalue weighted by molar-refractivity contribution is -0.0474. The van der Waals surface area contributed by atoms with Crippen LogP contribution in [0.15, 0.2) is 0 Å². The second kappa shape index (κ2) is 5.09. The number of unbranched alkanes of at least 4 members (excludes halogenated alkanes) is 2. The molecule has 2 fully saturated rings. The Morgan fingerprint density at radius 2 is 1.94 bits per heavy atom. The summed E-state index contributed by atoms with van der Waals surface area (Å²) < 4.78 is 6.18. The third-order valence-electron chi connectivity index (χ3n) is 5.81.